The highest BCUT2D eigenvalue weighted by atomic mass is 16.1. The fourth-order valence-corrected chi connectivity index (χ4v) is 0.867. The van der Waals surface area contributed by atoms with Crippen LogP contribution in [0.3, 0.4) is 0 Å². The quantitative estimate of drug-likeness (QED) is 0.651. The van der Waals surface area contributed by atoms with Gasteiger partial charge in [0.05, 0.1) is 12.1 Å². The van der Waals surface area contributed by atoms with Gasteiger partial charge in [0.1, 0.15) is 0 Å². The number of nitrogens with one attached hydrogen (secondary N) is 2. The second kappa shape index (κ2) is 4.87. The molecule has 1 amide bonds. The summed E-state index contributed by atoms with van der Waals surface area (Å²) in [5, 5.41) is 2.58. The van der Waals surface area contributed by atoms with Crippen molar-refractivity contribution in [3.05, 3.63) is 34.2 Å². The van der Waals surface area contributed by atoms with Gasteiger partial charge in [-0.25, -0.2) is 0 Å². The van der Waals surface area contributed by atoms with Crippen molar-refractivity contribution in [1.82, 2.24) is 10.3 Å². The molecular weight excluding hydrogens is 180 g/mol. The third-order valence-corrected chi connectivity index (χ3v) is 1.56. The van der Waals surface area contributed by atoms with Gasteiger partial charge in [0, 0.05) is 12.3 Å². The highest BCUT2D eigenvalue weighted by Gasteiger charge is 2.02. The van der Waals surface area contributed by atoms with E-state index in [9.17, 15) is 9.59 Å². The van der Waals surface area contributed by atoms with Gasteiger partial charge in [0.15, 0.2) is 0 Å². The molecule has 0 spiro atoms. The zero-order valence-corrected chi connectivity index (χ0v) is 7.76. The summed E-state index contributed by atoms with van der Waals surface area (Å²) in [5.41, 5.74) is 0.192. The number of pyridine rings is 1. The van der Waals surface area contributed by atoms with Crippen molar-refractivity contribution in [2.75, 3.05) is 6.54 Å². The molecule has 72 valence electrons. The van der Waals surface area contributed by atoms with Gasteiger partial charge in [-0.1, -0.05) is 5.92 Å². The molecule has 0 aliphatic rings. The summed E-state index contributed by atoms with van der Waals surface area (Å²) in [5.74, 6) is 5.12. The molecule has 0 aromatic carbocycles. The molecule has 1 rings (SSSR count). The van der Waals surface area contributed by atoms with Crippen LogP contribution in [0.25, 0.3) is 0 Å². The number of carbonyl (C=O) groups is 1. The monoisotopic (exact) mass is 190 g/mol. The summed E-state index contributed by atoms with van der Waals surface area (Å²) in [7, 11) is 0. The maximum absolute atomic E-state index is 11.3. The number of carbonyl (C=O) groups excluding carboxylic acids is 1. The average Bonchev–Trinajstić information content (AvgIpc) is 2.19. The van der Waals surface area contributed by atoms with Crippen LogP contribution in [0.1, 0.15) is 17.3 Å². The Bertz CT molecular complexity index is 417. The number of hydrogen-bond acceptors (Lipinski definition) is 2. The van der Waals surface area contributed by atoms with E-state index in [0.29, 0.717) is 12.1 Å². The summed E-state index contributed by atoms with van der Waals surface area (Å²) >= 11 is 0. The minimum atomic E-state index is -0.246. The molecule has 0 saturated carbocycles. The topological polar surface area (TPSA) is 62.0 Å². The molecule has 0 bridgehead atoms. The minimum absolute atomic E-state index is 0.227. The van der Waals surface area contributed by atoms with Crippen molar-refractivity contribution in [2.24, 2.45) is 0 Å². The highest BCUT2D eigenvalue weighted by Crippen LogP contribution is 1.91. The van der Waals surface area contributed by atoms with E-state index in [1.807, 2.05) is 0 Å². The van der Waals surface area contributed by atoms with E-state index in [4.69, 9.17) is 0 Å². The van der Waals surface area contributed by atoms with Crippen LogP contribution in [-0.2, 0) is 0 Å². The molecule has 1 aromatic heterocycles. The van der Waals surface area contributed by atoms with Gasteiger partial charge in [-0.2, -0.15) is 0 Å². The molecule has 0 saturated heterocycles. The first-order valence-electron chi connectivity index (χ1n) is 4.10. The lowest BCUT2D eigenvalue weighted by Gasteiger charge is -1.99. The van der Waals surface area contributed by atoms with Crippen LogP contribution in [0.5, 0.6) is 0 Å². The van der Waals surface area contributed by atoms with Crippen molar-refractivity contribution in [3.8, 4) is 11.8 Å². The summed E-state index contributed by atoms with van der Waals surface area (Å²) in [6, 6.07) is 2.77. The van der Waals surface area contributed by atoms with E-state index in [2.05, 4.69) is 22.1 Å². The summed E-state index contributed by atoms with van der Waals surface area (Å²) in [6.45, 7) is 2.01. The molecule has 1 heterocycles. The predicted octanol–water partition coefficient (Wildman–Crippen LogP) is 0.128. The molecule has 4 heteroatoms. The second-order valence-electron chi connectivity index (χ2n) is 2.55. The molecular formula is C10H10N2O2. The number of H-pyrrole nitrogens is 1. The van der Waals surface area contributed by atoms with Crippen LogP contribution < -0.4 is 10.9 Å². The molecule has 0 fully saturated rings. The van der Waals surface area contributed by atoms with Crippen LogP contribution >= 0.6 is 0 Å². The van der Waals surface area contributed by atoms with E-state index in [0.717, 1.165) is 0 Å². The number of aromatic nitrogens is 1. The highest BCUT2D eigenvalue weighted by molar-refractivity contribution is 5.93. The Morgan fingerprint density at radius 1 is 1.57 bits per heavy atom. The standard InChI is InChI=1S/C10H10N2O2/c1-2-3-6-11-10(14)8-4-5-9(13)12-7-8/h4-5,7H,6H2,1H3,(H,11,14)(H,12,13). The third-order valence-electron chi connectivity index (χ3n) is 1.56. The maximum Gasteiger partial charge on any atom is 0.253 e. The van der Waals surface area contributed by atoms with Crippen molar-refractivity contribution < 1.29 is 4.79 Å². The van der Waals surface area contributed by atoms with Crippen LogP contribution in [0.15, 0.2) is 23.1 Å². The smallest absolute Gasteiger partial charge is 0.253 e. The molecule has 0 atom stereocenters. The van der Waals surface area contributed by atoms with E-state index in [1.165, 1.54) is 18.3 Å². The van der Waals surface area contributed by atoms with Gasteiger partial charge in [-0.3, -0.25) is 9.59 Å². The molecule has 0 aliphatic carbocycles. The zero-order chi connectivity index (χ0) is 10.4. The van der Waals surface area contributed by atoms with E-state index >= 15 is 0 Å². The summed E-state index contributed by atoms with van der Waals surface area (Å²) < 4.78 is 0. The molecule has 4 nitrogen and oxygen atoms in total. The Hall–Kier alpha value is -2.02. The lowest BCUT2D eigenvalue weighted by molar-refractivity contribution is 0.0958. The lowest BCUT2D eigenvalue weighted by atomic mass is 10.3. The zero-order valence-electron chi connectivity index (χ0n) is 7.76. The fourth-order valence-electron chi connectivity index (χ4n) is 0.867. The van der Waals surface area contributed by atoms with Crippen LogP contribution in [0.2, 0.25) is 0 Å². The van der Waals surface area contributed by atoms with Gasteiger partial charge in [-0.05, 0) is 13.0 Å². The van der Waals surface area contributed by atoms with Gasteiger partial charge in [0.2, 0.25) is 5.56 Å². The number of hydrogen-bond donors (Lipinski definition) is 2. The van der Waals surface area contributed by atoms with E-state index < -0.39 is 0 Å². The number of rotatable bonds is 2. The van der Waals surface area contributed by atoms with Crippen LogP contribution in [0.4, 0.5) is 0 Å². The third kappa shape index (κ3) is 2.79. The first-order chi connectivity index (χ1) is 6.74. The van der Waals surface area contributed by atoms with Crippen molar-refractivity contribution in [2.45, 2.75) is 6.92 Å². The minimum Gasteiger partial charge on any atom is -0.341 e. The Morgan fingerprint density at radius 2 is 2.36 bits per heavy atom. The van der Waals surface area contributed by atoms with Crippen molar-refractivity contribution >= 4 is 5.91 Å². The first kappa shape index (κ1) is 10.1. The van der Waals surface area contributed by atoms with Crippen LogP contribution in [-0.4, -0.2) is 17.4 Å². The largest absolute Gasteiger partial charge is 0.341 e. The van der Waals surface area contributed by atoms with Crippen molar-refractivity contribution in [3.63, 3.8) is 0 Å². The lowest BCUT2D eigenvalue weighted by Crippen LogP contribution is -2.24. The Kier molecular flexibility index (Phi) is 3.50. The van der Waals surface area contributed by atoms with E-state index in [-0.39, 0.29) is 11.5 Å². The number of amides is 1. The normalized spacial score (nSPS) is 8.64. The van der Waals surface area contributed by atoms with Gasteiger partial charge in [-0.15, -0.1) is 5.92 Å². The van der Waals surface area contributed by atoms with Gasteiger partial charge < -0.3 is 10.3 Å². The van der Waals surface area contributed by atoms with Gasteiger partial charge in [0.25, 0.3) is 5.91 Å². The molecule has 1 aromatic rings. The molecule has 2 N–H and O–H groups in total. The fraction of sp³-hybridized carbons (Fsp3) is 0.200. The molecule has 14 heavy (non-hydrogen) atoms. The van der Waals surface area contributed by atoms with E-state index in [1.54, 1.807) is 6.92 Å². The van der Waals surface area contributed by atoms with Gasteiger partial charge >= 0.3 is 0 Å². The Balaban J connectivity index is 2.64. The predicted molar refractivity (Wildman–Crippen MR) is 52.8 cm³/mol. The Morgan fingerprint density at radius 3 is 2.93 bits per heavy atom. The SMILES string of the molecule is CC#CCNC(=O)c1ccc(=O)[nH]c1. The van der Waals surface area contributed by atoms with Crippen LogP contribution in [0, 0.1) is 11.8 Å². The average molecular weight is 190 g/mol. The Labute approximate surface area is 81.3 Å². The molecule has 0 radical (unpaired) electrons. The van der Waals surface area contributed by atoms with Crippen molar-refractivity contribution in [1.29, 1.82) is 0 Å². The maximum atomic E-state index is 11.3. The summed E-state index contributed by atoms with van der Waals surface area (Å²) in [4.78, 5) is 24.4. The molecule has 0 unspecified atom stereocenters. The number of aromatic amines is 1. The molecule has 0 aliphatic heterocycles. The summed E-state index contributed by atoms with van der Waals surface area (Å²) in [6.07, 6.45) is 1.37. The first-order valence-corrected chi connectivity index (χ1v) is 4.10. The second-order valence-corrected chi connectivity index (χ2v) is 2.55.